The third kappa shape index (κ3) is 5.70. The van der Waals surface area contributed by atoms with Crippen molar-refractivity contribution in [3.63, 3.8) is 0 Å². The van der Waals surface area contributed by atoms with Crippen molar-refractivity contribution in [2.24, 2.45) is 0 Å². The van der Waals surface area contributed by atoms with Gasteiger partial charge < -0.3 is 15.4 Å². The predicted octanol–water partition coefficient (Wildman–Crippen LogP) is 4.76. The summed E-state index contributed by atoms with van der Waals surface area (Å²) in [5.41, 5.74) is 1.86. The van der Waals surface area contributed by atoms with Gasteiger partial charge in [-0.05, 0) is 60.2 Å². The first kappa shape index (κ1) is 20.2. The number of carbonyl (C=O) groups is 2. The predicted molar refractivity (Wildman–Crippen MR) is 115 cm³/mol. The van der Waals surface area contributed by atoms with Crippen molar-refractivity contribution < 1.29 is 14.3 Å². The number of anilines is 1. The van der Waals surface area contributed by atoms with Crippen LogP contribution in [-0.4, -0.2) is 18.9 Å². The van der Waals surface area contributed by atoms with Gasteiger partial charge in [0.15, 0.2) is 0 Å². The van der Waals surface area contributed by atoms with Gasteiger partial charge in [0.2, 0.25) is 0 Å². The molecule has 3 rings (SSSR count). The number of methoxy groups -OCH3 is 1. The molecule has 3 aromatic carbocycles. The molecule has 146 valence electrons. The molecule has 0 atom stereocenters. The highest BCUT2D eigenvalue weighted by Gasteiger charge is 2.15. The molecule has 2 amide bonds. The Labute approximate surface area is 174 Å². The summed E-state index contributed by atoms with van der Waals surface area (Å²) in [7, 11) is 1.57. The molecule has 6 heteroatoms. The molecular weight excluding hydrogens is 388 g/mol. The molecular formula is C23H19ClN2O3. The van der Waals surface area contributed by atoms with Gasteiger partial charge in [-0.25, -0.2) is 0 Å². The van der Waals surface area contributed by atoms with Gasteiger partial charge in [0.1, 0.15) is 11.4 Å². The van der Waals surface area contributed by atoms with Gasteiger partial charge in [0.25, 0.3) is 11.8 Å². The van der Waals surface area contributed by atoms with E-state index in [1.165, 1.54) is 0 Å². The van der Waals surface area contributed by atoms with Gasteiger partial charge in [-0.2, -0.15) is 0 Å². The number of hydrogen-bond acceptors (Lipinski definition) is 3. The van der Waals surface area contributed by atoms with Crippen LogP contribution in [0.3, 0.4) is 0 Å². The van der Waals surface area contributed by atoms with E-state index >= 15 is 0 Å². The Hall–Kier alpha value is -3.57. The van der Waals surface area contributed by atoms with Crippen LogP contribution in [0.1, 0.15) is 15.9 Å². The molecule has 29 heavy (non-hydrogen) atoms. The van der Waals surface area contributed by atoms with Crippen molar-refractivity contribution in [1.82, 2.24) is 5.32 Å². The molecule has 5 nitrogen and oxygen atoms in total. The van der Waals surface area contributed by atoms with Crippen LogP contribution in [0.25, 0.3) is 6.08 Å². The molecule has 0 saturated carbocycles. The minimum absolute atomic E-state index is 0.108. The molecule has 0 spiro atoms. The van der Waals surface area contributed by atoms with Crippen LogP contribution in [0.5, 0.6) is 5.75 Å². The summed E-state index contributed by atoms with van der Waals surface area (Å²) in [6.45, 7) is 0. The molecule has 0 heterocycles. The monoisotopic (exact) mass is 406 g/mol. The minimum Gasteiger partial charge on any atom is -0.497 e. The van der Waals surface area contributed by atoms with Crippen LogP contribution >= 0.6 is 11.6 Å². The maximum Gasteiger partial charge on any atom is 0.272 e. The highest BCUT2D eigenvalue weighted by Crippen LogP contribution is 2.17. The smallest absolute Gasteiger partial charge is 0.272 e. The number of ether oxygens (including phenoxy) is 1. The van der Waals surface area contributed by atoms with E-state index in [2.05, 4.69) is 10.6 Å². The molecule has 2 N–H and O–H groups in total. The van der Waals surface area contributed by atoms with Crippen molar-refractivity contribution in [2.75, 3.05) is 12.4 Å². The molecule has 3 aromatic rings. The van der Waals surface area contributed by atoms with Crippen LogP contribution < -0.4 is 15.4 Å². The standard InChI is InChI=1S/C23H19ClN2O3/c1-29-20-13-11-19(12-14-20)25-23(28)21(15-16-7-9-18(24)10-8-16)26-22(27)17-5-3-2-4-6-17/h2-15H,1H3,(H,25,28)(H,26,27)/b21-15+. The summed E-state index contributed by atoms with van der Waals surface area (Å²) < 4.78 is 5.12. The van der Waals surface area contributed by atoms with E-state index in [9.17, 15) is 9.59 Å². The van der Waals surface area contributed by atoms with Crippen LogP contribution in [0, 0.1) is 0 Å². The maximum atomic E-state index is 12.9. The first-order chi connectivity index (χ1) is 14.0. The molecule has 0 aliphatic rings. The topological polar surface area (TPSA) is 67.4 Å². The van der Waals surface area contributed by atoms with Gasteiger partial charge in [0.05, 0.1) is 7.11 Å². The SMILES string of the molecule is COc1ccc(NC(=O)/C(=C\c2ccc(Cl)cc2)NC(=O)c2ccccc2)cc1. The van der Waals surface area contributed by atoms with Gasteiger partial charge >= 0.3 is 0 Å². The van der Waals surface area contributed by atoms with Gasteiger partial charge in [0, 0.05) is 16.3 Å². The van der Waals surface area contributed by atoms with Gasteiger partial charge in [-0.15, -0.1) is 0 Å². The lowest BCUT2D eigenvalue weighted by atomic mass is 10.1. The van der Waals surface area contributed by atoms with E-state index in [1.807, 2.05) is 6.07 Å². The second-order valence-electron chi connectivity index (χ2n) is 6.11. The summed E-state index contributed by atoms with van der Waals surface area (Å²) in [6.07, 6.45) is 1.59. The molecule has 0 radical (unpaired) electrons. The number of rotatable bonds is 6. The van der Waals surface area contributed by atoms with Crippen molar-refractivity contribution in [1.29, 1.82) is 0 Å². The fourth-order valence-corrected chi connectivity index (χ4v) is 2.67. The summed E-state index contributed by atoms with van der Waals surface area (Å²) in [4.78, 5) is 25.4. The first-order valence-electron chi connectivity index (χ1n) is 8.84. The summed E-state index contributed by atoms with van der Waals surface area (Å²) in [6, 6.07) is 22.5. The van der Waals surface area contributed by atoms with Crippen molar-refractivity contribution in [2.45, 2.75) is 0 Å². The molecule has 0 aromatic heterocycles. The highest BCUT2D eigenvalue weighted by molar-refractivity contribution is 6.30. The quantitative estimate of drug-likeness (QED) is 0.580. The minimum atomic E-state index is -0.450. The van der Waals surface area contributed by atoms with E-state index in [1.54, 1.807) is 86.0 Å². The molecule has 0 saturated heterocycles. The van der Waals surface area contributed by atoms with E-state index in [-0.39, 0.29) is 11.6 Å². The van der Waals surface area contributed by atoms with E-state index in [4.69, 9.17) is 16.3 Å². The maximum absolute atomic E-state index is 12.9. The normalized spacial score (nSPS) is 10.9. The third-order valence-corrected chi connectivity index (χ3v) is 4.31. The number of hydrogen-bond donors (Lipinski definition) is 2. The molecule has 0 bridgehead atoms. The molecule has 0 unspecified atom stereocenters. The zero-order valence-electron chi connectivity index (χ0n) is 15.7. The number of benzene rings is 3. The van der Waals surface area contributed by atoms with Crippen molar-refractivity contribution in [3.8, 4) is 5.75 Å². The van der Waals surface area contributed by atoms with Crippen LogP contribution in [0.2, 0.25) is 5.02 Å². The fourth-order valence-electron chi connectivity index (χ4n) is 2.54. The zero-order chi connectivity index (χ0) is 20.6. The lowest BCUT2D eigenvalue weighted by Gasteiger charge is -2.12. The summed E-state index contributed by atoms with van der Waals surface area (Å²) in [5, 5.41) is 6.05. The fraction of sp³-hybridized carbons (Fsp3) is 0.0435. The number of halogens is 1. The Bertz CT molecular complexity index is 1010. The second-order valence-corrected chi connectivity index (χ2v) is 6.55. The highest BCUT2D eigenvalue weighted by atomic mass is 35.5. The molecule has 0 aliphatic carbocycles. The van der Waals surface area contributed by atoms with E-state index < -0.39 is 5.91 Å². The Morgan fingerprint density at radius 1 is 0.897 bits per heavy atom. The van der Waals surface area contributed by atoms with Gasteiger partial charge in [-0.3, -0.25) is 9.59 Å². The lowest BCUT2D eigenvalue weighted by molar-refractivity contribution is -0.113. The van der Waals surface area contributed by atoms with E-state index in [0.29, 0.717) is 22.0 Å². The molecule has 0 aliphatic heterocycles. The van der Waals surface area contributed by atoms with Crippen molar-refractivity contribution >= 4 is 35.2 Å². The Morgan fingerprint density at radius 2 is 1.55 bits per heavy atom. The van der Waals surface area contributed by atoms with Gasteiger partial charge in [-0.1, -0.05) is 41.9 Å². The largest absolute Gasteiger partial charge is 0.497 e. The molecule has 0 fully saturated rings. The summed E-state index contributed by atoms with van der Waals surface area (Å²) >= 11 is 5.93. The Balaban J connectivity index is 1.85. The zero-order valence-corrected chi connectivity index (χ0v) is 16.4. The van der Waals surface area contributed by atoms with Crippen molar-refractivity contribution in [3.05, 3.63) is 101 Å². The average molecular weight is 407 g/mol. The number of carbonyl (C=O) groups excluding carboxylic acids is 2. The first-order valence-corrected chi connectivity index (χ1v) is 9.22. The van der Waals surface area contributed by atoms with Crippen LogP contribution in [0.4, 0.5) is 5.69 Å². The van der Waals surface area contributed by atoms with Crippen LogP contribution in [-0.2, 0) is 4.79 Å². The lowest BCUT2D eigenvalue weighted by Crippen LogP contribution is -2.30. The Kier molecular flexibility index (Phi) is 6.66. The third-order valence-electron chi connectivity index (χ3n) is 4.06. The Morgan fingerprint density at radius 3 is 2.17 bits per heavy atom. The number of amides is 2. The summed E-state index contributed by atoms with van der Waals surface area (Å²) in [5.74, 6) is -0.151. The number of nitrogens with one attached hydrogen (secondary N) is 2. The van der Waals surface area contributed by atoms with Crippen LogP contribution in [0.15, 0.2) is 84.6 Å². The van der Waals surface area contributed by atoms with E-state index in [0.717, 1.165) is 5.56 Å². The second kappa shape index (κ2) is 9.57. The average Bonchev–Trinajstić information content (AvgIpc) is 2.76.